The highest BCUT2D eigenvalue weighted by Crippen LogP contribution is 2.72. The molecule has 174 valence electrons. The zero-order valence-electron chi connectivity index (χ0n) is 18.9. The van der Waals surface area contributed by atoms with Crippen LogP contribution in [0.1, 0.15) is 44.2 Å². The number of halogens is 1. The van der Waals surface area contributed by atoms with Gasteiger partial charge >= 0.3 is 0 Å². The molecule has 32 heavy (non-hydrogen) atoms. The van der Waals surface area contributed by atoms with E-state index in [4.69, 9.17) is 0 Å². The summed E-state index contributed by atoms with van der Waals surface area (Å²) >= 11 is 0. The maximum absolute atomic E-state index is 13.3. The summed E-state index contributed by atoms with van der Waals surface area (Å²) in [5.74, 6) is -0.136. The molecular formula is C25H35ClN4O2. The summed E-state index contributed by atoms with van der Waals surface area (Å²) in [6, 6.07) is 3.77. The molecule has 6 nitrogen and oxygen atoms in total. The van der Waals surface area contributed by atoms with Gasteiger partial charge in [0.05, 0.1) is 23.7 Å². The Morgan fingerprint density at radius 3 is 2.38 bits per heavy atom. The van der Waals surface area contributed by atoms with Crippen LogP contribution in [0.3, 0.4) is 0 Å². The van der Waals surface area contributed by atoms with Crippen LogP contribution in [-0.4, -0.2) is 47.9 Å². The summed E-state index contributed by atoms with van der Waals surface area (Å²) < 4.78 is 0. The van der Waals surface area contributed by atoms with E-state index in [1.165, 1.54) is 25.9 Å². The molecule has 2 bridgehead atoms. The fourth-order valence-corrected chi connectivity index (χ4v) is 6.27. The van der Waals surface area contributed by atoms with Crippen molar-refractivity contribution in [1.82, 2.24) is 15.2 Å². The molecule has 0 aromatic carbocycles. The lowest BCUT2D eigenvalue weighted by Crippen LogP contribution is -2.42. The Morgan fingerprint density at radius 2 is 1.75 bits per heavy atom. The molecular weight excluding hydrogens is 424 g/mol. The number of allylic oxidation sites excluding steroid dienone is 2. The molecule has 0 radical (unpaired) electrons. The van der Waals surface area contributed by atoms with Crippen molar-refractivity contribution < 1.29 is 9.59 Å². The van der Waals surface area contributed by atoms with Gasteiger partial charge in [0.25, 0.3) is 0 Å². The second-order valence-electron chi connectivity index (χ2n) is 9.95. The number of carbonyl (C=O) groups is 2. The summed E-state index contributed by atoms with van der Waals surface area (Å²) in [5.41, 5.74) is 1.78. The molecule has 1 aromatic rings. The fourth-order valence-electron chi connectivity index (χ4n) is 6.27. The number of carbonyl (C=O) groups excluding carboxylic acids is 2. The number of pyridine rings is 1. The Bertz CT molecular complexity index is 861. The van der Waals surface area contributed by atoms with E-state index in [0.29, 0.717) is 12.2 Å². The van der Waals surface area contributed by atoms with Crippen LogP contribution in [-0.2, 0) is 9.59 Å². The summed E-state index contributed by atoms with van der Waals surface area (Å²) in [6.45, 7) is 6.20. The standard InChI is InChI=1S/C25H34N4O2.ClH/c1-17-6-7-18(16-27-17)28-24(31)22-20-9-8-19(25(20)10-11-25)21(22)23(30)26-12-2-3-13-29-14-4-5-15-29;/h6-9,16,19-22H,2-5,10-15H2,1H3,(H,26,30)(H,28,31);1H/t19-,20+,21-,22-;/m1./s1. The van der Waals surface area contributed by atoms with Gasteiger partial charge in [0.1, 0.15) is 0 Å². The minimum absolute atomic E-state index is 0. The highest BCUT2D eigenvalue weighted by Gasteiger charge is 2.69. The van der Waals surface area contributed by atoms with E-state index < -0.39 is 0 Å². The Morgan fingerprint density at radius 1 is 1.06 bits per heavy atom. The van der Waals surface area contributed by atoms with E-state index in [-0.39, 0.29) is 53.3 Å². The van der Waals surface area contributed by atoms with Crippen molar-refractivity contribution in [3.05, 3.63) is 36.2 Å². The fraction of sp³-hybridized carbons (Fsp3) is 0.640. The summed E-state index contributed by atoms with van der Waals surface area (Å²) in [5, 5.41) is 6.21. The SMILES string of the molecule is Cc1ccc(NC(=O)[C@H]2[C@H](C(=O)NCCCCN3CCCC3)[C@H]3C=C[C@@H]2C32CC2)cn1.Cl. The number of hydrogen-bond donors (Lipinski definition) is 2. The van der Waals surface area contributed by atoms with Crippen LogP contribution < -0.4 is 10.6 Å². The van der Waals surface area contributed by atoms with Gasteiger partial charge in [0.2, 0.25) is 11.8 Å². The molecule has 7 heteroatoms. The Hall–Kier alpha value is -1.92. The van der Waals surface area contributed by atoms with Crippen molar-refractivity contribution in [2.24, 2.45) is 29.1 Å². The predicted octanol–water partition coefficient (Wildman–Crippen LogP) is 3.57. The van der Waals surface area contributed by atoms with Crippen molar-refractivity contribution in [1.29, 1.82) is 0 Å². The van der Waals surface area contributed by atoms with Crippen molar-refractivity contribution >= 4 is 29.9 Å². The number of hydrogen-bond acceptors (Lipinski definition) is 4. The maximum Gasteiger partial charge on any atom is 0.228 e. The molecule has 2 N–H and O–H groups in total. The predicted molar refractivity (Wildman–Crippen MR) is 128 cm³/mol. The maximum atomic E-state index is 13.3. The number of rotatable bonds is 8. The molecule has 5 rings (SSSR count). The van der Waals surface area contributed by atoms with Crippen LogP contribution >= 0.6 is 12.4 Å². The highest BCUT2D eigenvalue weighted by molar-refractivity contribution is 5.97. The summed E-state index contributed by atoms with van der Waals surface area (Å²) in [4.78, 5) is 33.3. The molecule has 4 aliphatic rings. The first-order valence-electron chi connectivity index (χ1n) is 12.0. The summed E-state index contributed by atoms with van der Waals surface area (Å²) in [6.07, 6.45) is 13.1. The van der Waals surface area contributed by atoms with Gasteiger partial charge in [-0.3, -0.25) is 14.6 Å². The van der Waals surface area contributed by atoms with Gasteiger partial charge in [-0.2, -0.15) is 0 Å². The van der Waals surface area contributed by atoms with E-state index >= 15 is 0 Å². The van der Waals surface area contributed by atoms with E-state index in [2.05, 4.69) is 32.7 Å². The lowest BCUT2D eigenvalue weighted by atomic mass is 9.81. The normalized spacial score (nSPS) is 29.2. The molecule has 2 heterocycles. The number of aromatic nitrogens is 1. The monoisotopic (exact) mass is 458 g/mol. The molecule has 1 spiro atoms. The topological polar surface area (TPSA) is 74.3 Å². The molecule has 3 aliphatic carbocycles. The van der Waals surface area contributed by atoms with Crippen LogP contribution in [0.15, 0.2) is 30.5 Å². The minimum atomic E-state index is -0.289. The number of nitrogens with one attached hydrogen (secondary N) is 2. The van der Waals surface area contributed by atoms with Gasteiger partial charge < -0.3 is 15.5 Å². The largest absolute Gasteiger partial charge is 0.356 e. The molecule has 4 atom stereocenters. The smallest absolute Gasteiger partial charge is 0.228 e. The number of amides is 2. The first-order chi connectivity index (χ1) is 15.1. The van der Waals surface area contributed by atoms with Gasteiger partial charge in [0.15, 0.2) is 0 Å². The Kier molecular flexibility index (Phi) is 6.91. The van der Waals surface area contributed by atoms with Crippen LogP contribution in [0.4, 0.5) is 5.69 Å². The van der Waals surface area contributed by atoms with Gasteiger partial charge in [-0.05, 0) is 94.5 Å². The third-order valence-electron chi connectivity index (χ3n) is 8.02. The number of likely N-dealkylation sites (tertiary alicyclic amines) is 1. The Balaban J connectivity index is 0.00000245. The first kappa shape index (κ1) is 23.2. The lowest BCUT2D eigenvalue weighted by Gasteiger charge is -2.26. The minimum Gasteiger partial charge on any atom is -0.356 e. The van der Waals surface area contributed by atoms with E-state index in [0.717, 1.165) is 37.9 Å². The highest BCUT2D eigenvalue weighted by atomic mass is 35.5. The quantitative estimate of drug-likeness (QED) is 0.461. The van der Waals surface area contributed by atoms with Gasteiger partial charge in [-0.25, -0.2) is 0 Å². The van der Waals surface area contributed by atoms with E-state index in [1.807, 2.05) is 19.1 Å². The van der Waals surface area contributed by atoms with Crippen LogP contribution in [0, 0.1) is 36.0 Å². The molecule has 2 saturated carbocycles. The van der Waals surface area contributed by atoms with Crippen molar-refractivity contribution in [3.63, 3.8) is 0 Å². The second kappa shape index (κ2) is 9.52. The molecule has 0 unspecified atom stereocenters. The molecule has 3 fully saturated rings. The molecule has 1 aromatic heterocycles. The third-order valence-corrected chi connectivity index (χ3v) is 8.02. The zero-order chi connectivity index (χ0) is 21.4. The summed E-state index contributed by atoms with van der Waals surface area (Å²) in [7, 11) is 0. The molecule has 1 saturated heterocycles. The van der Waals surface area contributed by atoms with Crippen molar-refractivity contribution in [3.8, 4) is 0 Å². The Labute approximate surface area is 197 Å². The molecule has 2 amide bonds. The number of nitrogens with zero attached hydrogens (tertiary/aromatic N) is 2. The first-order valence-corrected chi connectivity index (χ1v) is 12.0. The van der Waals surface area contributed by atoms with Crippen LogP contribution in [0.2, 0.25) is 0 Å². The van der Waals surface area contributed by atoms with Crippen molar-refractivity contribution in [2.45, 2.75) is 45.4 Å². The number of unbranched alkanes of at least 4 members (excludes halogenated alkanes) is 1. The second-order valence-corrected chi connectivity index (χ2v) is 9.95. The third kappa shape index (κ3) is 4.32. The number of aryl methyl sites for hydroxylation is 1. The zero-order valence-corrected chi connectivity index (χ0v) is 19.7. The molecule has 1 aliphatic heterocycles. The van der Waals surface area contributed by atoms with Gasteiger partial charge in [-0.1, -0.05) is 12.2 Å². The van der Waals surface area contributed by atoms with E-state index in [1.54, 1.807) is 6.20 Å². The van der Waals surface area contributed by atoms with E-state index in [9.17, 15) is 9.59 Å². The van der Waals surface area contributed by atoms with Crippen molar-refractivity contribution in [2.75, 3.05) is 31.5 Å². The van der Waals surface area contributed by atoms with Gasteiger partial charge in [0, 0.05) is 12.2 Å². The number of anilines is 1. The lowest BCUT2D eigenvalue weighted by molar-refractivity contribution is -0.132. The average Bonchev–Trinajstić information content (AvgIpc) is 3.12. The van der Waals surface area contributed by atoms with Crippen LogP contribution in [0.25, 0.3) is 0 Å². The van der Waals surface area contributed by atoms with Gasteiger partial charge in [-0.15, -0.1) is 12.4 Å². The average molecular weight is 459 g/mol. The van der Waals surface area contributed by atoms with Crippen LogP contribution in [0.5, 0.6) is 0 Å².